The smallest absolute Gasteiger partial charge is 0.222 e. The molecule has 0 bridgehead atoms. The topological polar surface area (TPSA) is 62.9 Å². The Balaban J connectivity index is 1.66. The zero-order valence-electron chi connectivity index (χ0n) is 15.2. The van der Waals surface area contributed by atoms with E-state index < -0.39 is 0 Å². The highest BCUT2D eigenvalue weighted by atomic mass is 16.5. The van der Waals surface area contributed by atoms with Gasteiger partial charge in [-0.05, 0) is 44.2 Å². The second kappa shape index (κ2) is 6.99. The zero-order valence-corrected chi connectivity index (χ0v) is 15.2. The van der Waals surface area contributed by atoms with Gasteiger partial charge in [-0.1, -0.05) is 36.4 Å². The number of hydrogen-bond donors (Lipinski definition) is 1. The lowest BCUT2D eigenvalue weighted by Gasteiger charge is -2.26. The van der Waals surface area contributed by atoms with E-state index in [0.29, 0.717) is 23.7 Å². The van der Waals surface area contributed by atoms with Crippen LogP contribution in [-0.4, -0.2) is 27.3 Å². The van der Waals surface area contributed by atoms with E-state index in [1.165, 1.54) is 4.68 Å². The lowest BCUT2D eigenvalue weighted by molar-refractivity contribution is 0.223. The molecule has 0 fully saturated rings. The summed E-state index contributed by atoms with van der Waals surface area (Å²) in [6, 6.07) is 19.4. The maximum absolute atomic E-state index is 10.7. The standard InChI is InChI=1S/C21H20N4O2/c1-15-19(21(26)25(23-15)18-11-7-4-8-12-18)13-20-16(2)22-24(14-27-20)17-9-5-3-6-10-17/h3-13,26H,14H2,1-2H3/b20-13-. The number of hydrazone groups is 1. The van der Waals surface area contributed by atoms with E-state index in [9.17, 15) is 5.11 Å². The summed E-state index contributed by atoms with van der Waals surface area (Å²) in [5.74, 6) is 0.696. The molecule has 27 heavy (non-hydrogen) atoms. The summed E-state index contributed by atoms with van der Waals surface area (Å²) >= 11 is 0. The molecular weight excluding hydrogens is 340 g/mol. The van der Waals surface area contributed by atoms with Crippen molar-refractivity contribution in [3.8, 4) is 11.6 Å². The summed E-state index contributed by atoms with van der Waals surface area (Å²) in [5, 5.41) is 21.5. The Hall–Kier alpha value is -3.54. The number of anilines is 1. The van der Waals surface area contributed by atoms with Crippen molar-refractivity contribution in [3.63, 3.8) is 0 Å². The molecular formula is C21H20N4O2. The first-order chi connectivity index (χ1) is 13.1. The Bertz CT molecular complexity index is 1010. The summed E-state index contributed by atoms with van der Waals surface area (Å²) in [6.07, 6.45) is 1.79. The first-order valence-electron chi connectivity index (χ1n) is 8.70. The lowest BCUT2D eigenvalue weighted by Crippen LogP contribution is -2.28. The number of allylic oxidation sites excluding steroid dienone is 1. The maximum Gasteiger partial charge on any atom is 0.222 e. The predicted molar refractivity (Wildman–Crippen MR) is 106 cm³/mol. The van der Waals surface area contributed by atoms with Gasteiger partial charge in [0.2, 0.25) is 5.88 Å². The van der Waals surface area contributed by atoms with Crippen molar-refractivity contribution in [1.82, 2.24) is 9.78 Å². The molecule has 0 radical (unpaired) electrons. The van der Waals surface area contributed by atoms with E-state index in [-0.39, 0.29) is 5.88 Å². The number of nitrogens with zero attached hydrogens (tertiary/aromatic N) is 4. The molecule has 0 saturated heterocycles. The molecule has 136 valence electrons. The Morgan fingerprint density at radius 2 is 1.59 bits per heavy atom. The van der Waals surface area contributed by atoms with Gasteiger partial charge in [-0.3, -0.25) is 0 Å². The monoisotopic (exact) mass is 360 g/mol. The van der Waals surface area contributed by atoms with Crippen LogP contribution in [0.4, 0.5) is 5.69 Å². The number of aryl methyl sites for hydroxylation is 1. The van der Waals surface area contributed by atoms with Crippen molar-refractivity contribution >= 4 is 17.5 Å². The van der Waals surface area contributed by atoms with Gasteiger partial charge in [-0.25, -0.2) is 9.69 Å². The molecule has 1 N–H and O–H groups in total. The molecule has 0 aliphatic carbocycles. The van der Waals surface area contributed by atoms with Gasteiger partial charge in [0.15, 0.2) is 6.73 Å². The van der Waals surface area contributed by atoms with Crippen LogP contribution in [0, 0.1) is 6.92 Å². The Morgan fingerprint density at radius 1 is 0.963 bits per heavy atom. The van der Waals surface area contributed by atoms with Gasteiger partial charge < -0.3 is 9.84 Å². The molecule has 2 heterocycles. The average molecular weight is 360 g/mol. The third kappa shape index (κ3) is 3.29. The van der Waals surface area contributed by atoms with E-state index in [1.54, 1.807) is 11.1 Å². The van der Waals surface area contributed by atoms with Gasteiger partial charge in [-0.2, -0.15) is 10.2 Å². The zero-order chi connectivity index (χ0) is 18.8. The van der Waals surface area contributed by atoms with Gasteiger partial charge in [0.1, 0.15) is 5.76 Å². The van der Waals surface area contributed by atoms with Gasteiger partial charge in [0.25, 0.3) is 0 Å². The molecule has 6 nitrogen and oxygen atoms in total. The molecule has 0 atom stereocenters. The summed E-state index contributed by atoms with van der Waals surface area (Å²) in [6.45, 7) is 4.05. The first-order valence-corrected chi connectivity index (χ1v) is 8.70. The number of para-hydroxylation sites is 2. The minimum atomic E-state index is 0.0769. The van der Waals surface area contributed by atoms with Crippen LogP contribution in [0.1, 0.15) is 18.2 Å². The summed E-state index contributed by atoms with van der Waals surface area (Å²) < 4.78 is 7.42. The molecule has 1 aromatic heterocycles. The highest BCUT2D eigenvalue weighted by molar-refractivity contribution is 6.01. The second-order valence-corrected chi connectivity index (χ2v) is 6.27. The second-order valence-electron chi connectivity index (χ2n) is 6.27. The van der Waals surface area contributed by atoms with Crippen LogP contribution in [0.25, 0.3) is 11.8 Å². The van der Waals surface area contributed by atoms with Crippen LogP contribution < -0.4 is 5.01 Å². The largest absolute Gasteiger partial charge is 0.493 e. The fraction of sp³-hybridized carbons (Fsp3) is 0.143. The average Bonchev–Trinajstić information content (AvgIpc) is 2.99. The summed E-state index contributed by atoms with van der Waals surface area (Å²) in [7, 11) is 0. The quantitative estimate of drug-likeness (QED) is 0.764. The van der Waals surface area contributed by atoms with E-state index in [2.05, 4.69) is 10.2 Å². The number of aromatic hydroxyl groups is 1. The van der Waals surface area contributed by atoms with E-state index >= 15 is 0 Å². The van der Waals surface area contributed by atoms with Crippen molar-refractivity contribution in [3.05, 3.63) is 77.7 Å². The fourth-order valence-corrected chi connectivity index (χ4v) is 2.95. The van der Waals surface area contributed by atoms with Crippen molar-refractivity contribution in [2.45, 2.75) is 13.8 Å². The van der Waals surface area contributed by atoms with Gasteiger partial charge >= 0.3 is 0 Å². The van der Waals surface area contributed by atoms with Crippen LogP contribution in [0.5, 0.6) is 5.88 Å². The number of benzene rings is 2. The molecule has 1 aliphatic heterocycles. The van der Waals surface area contributed by atoms with E-state index in [4.69, 9.17) is 4.74 Å². The van der Waals surface area contributed by atoms with Crippen molar-refractivity contribution < 1.29 is 9.84 Å². The molecule has 0 saturated carbocycles. The minimum Gasteiger partial charge on any atom is -0.493 e. The fourth-order valence-electron chi connectivity index (χ4n) is 2.95. The van der Waals surface area contributed by atoms with Crippen LogP contribution in [0.2, 0.25) is 0 Å². The van der Waals surface area contributed by atoms with E-state index in [1.807, 2.05) is 74.5 Å². The van der Waals surface area contributed by atoms with Crippen LogP contribution in [0.3, 0.4) is 0 Å². The summed E-state index contributed by atoms with van der Waals surface area (Å²) in [4.78, 5) is 0. The third-order valence-corrected chi connectivity index (χ3v) is 4.38. The Kier molecular flexibility index (Phi) is 4.38. The number of aromatic nitrogens is 2. The number of ether oxygens (including phenoxy) is 1. The van der Waals surface area contributed by atoms with Crippen molar-refractivity contribution in [2.75, 3.05) is 11.7 Å². The number of rotatable bonds is 3. The molecule has 2 aromatic carbocycles. The molecule has 0 unspecified atom stereocenters. The van der Waals surface area contributed by atoms with Crippen LogP contribution >= 0.6 is 0 Å². The Morgan fingerprint density at radius 3 is 2.22 bits per heavy atom. The van der Waals surface area contributed by atoms with E-state index in [0.717, 1.165) is 17.1 Å². The molecule has 0 amide bonds. The van der Waals surface area contributed by atoms with Crippen LogP contribution in [-0.2, 0) is 4.74 Å². The highest BCUT2D eigenvalue weighted by Crippen LogP contribution is 2.28. The summed E-state index contributed by atoms with van der Waals surface area (Å²) in [5.41, 5.74) is 3.83. The van der Waals surface area contributed by atoms with Crippen molar-refractivity contribution in [2.24, 2.45) is 5.10 Å². The SMILES string of the molecule is CC1=NN(c2ccccc2)CO/C1=C\c1c(C)nn(-c2ccccc2)c1O. The van der Waals surface area contributed by atoms with Gasteiger partial charge in [-0.15, -0.1) is 0 Å². The third-order valence-electron chi connectivity index (χ3n) is 4.38. The number of hydrogen-bond acceptors (Lipinski definition) is 5. The van der Waals surface area contributed by atoms with Crippen molar-refractivity contribution in [1.29, 1.82) is 0 Å². The maximum atomic E-state index is 10.7. The molecule has 4 rings (SSSR count). The van der Waals surface area contributed by atoms with Gasteiger partial charge in [0.05, 0.1) is 28.3 Å². The molecule has 6 heteroatoms. The van der Waals surface area contributed by atoms with Crippen LogP contribution in [0.15, 0.2) is 71.5 Å². The molecule has 1 aliphatic rings. The first kappa shape index (κ1) is 16.9. The molecule has 0 spiro atoms. The lowest BCUT2D eigenvalue weighted by atomic mass is 10.2. The minimum absolute atomic E-state index is 0.0769. The molecule has 3 aromatic rings. The predicted octanol–water partition coefficient (Wildman–Crippen LogP) is 4.10. The van der Waals surface area contributed by atoms with Gasteiger partial charge in [0, 0.05) is 0 Å². The highest BCUT2D eigenvalue weighted by Gasteiger charge is 2.20. The normalized spacial score (nSPS) is 15.6. The Labute approximate surface area is 157 Å².